The quantitative estimate of drug-likeness (QED) is 0.458. The van der Waals surface area contributed by atoms with E-state index in [0.29, 0.717) is 11.3 Å². The van der Waals surface area contributed by atoms with Crippen molar-refractivity contribution in [1.29, 1.82) is 0 Å². The summed E-state index contributed by atoms with van der Waals surface area (Å²) in [5, 5.41) is 13.5. The molecule has 1 atom stereocenters. The second kappa shape index (κ2) is 5.86. The molecule has 1 unspecified atom stereocenters. The van der Waals surface area contributed by atoms with E-state index in [9.17, 15) is 14.5 Å². The van der Waals surface area contributed by atoms with Crippen LogP contribution in [0.2, 0.25) is 5.02 Å². The summed E-state index contributed by atoms with van der Waals surface area (Å²) in [6.07, 6.45) is 0.228. The highest BCUT2D eigenvalue weighted by molar-refractivity contribution is 6.31. The fourth-order valence-electron chi connectivity index (χ4n) is 3.05. The Hall–Kier alpha value is -2.92. The highest BCUT2D eigenvalue weighted by atomic mass is 35.5. The average molecular weight is 356 g/mol. The predicted molar refractivity (Wildman–Crippen MR) is 93.7 cm³/mol. The molecule has 0 radical (unpaired) electrons. The third-order valence-corrected chi connectivity index (χ3v) is 4.54. The molecule has 0 saturated heterocycles. The molecule has 4 nitrogen and oxygen atoms in total. The molecule has 4 rings (SSSR count). The number of benzene rings is 3. The molecule has 0 N–H and O–H groups in total. The van der Waals surface area contributed by atoms with Gasteiger partial charge < -0.3 is 4.74 Å². The topological polar surface area (TPSA) is 52.4 Å². The van der Waals surface area contributed by atoms with E-state index in [4.69, 9.17) is 16.3 Å². The summed E-state index contributed by atoms with van der Waals surface area (Å²) in [7, 11) is 0. The Bertz CT molecular complexity index is 1030. The third kappa shape index (κ3) is 2.53. The molecule has 0 fully saturated rings. The van der Waals surface area contributed by atoms with Crippen molar-refractivity contribution in [2.45, 2.75) is 6.10 Å². The first-order valence-electron chi connectivity index (χ1n) is 7.54. The largest absolute Gasteiger partial charge is 0.474 e. The molecular weight excluding hydrogens is 345 g/mol. The average Bonchev–Trinajstić information content (AvgIpc) is 2.60. The summed E-state index contributed by atoms with van der Waals surface area (Å²) in [6, 6.07) is 15.2. The summed E-state index contributed by atoms with van der Waals surface area (Å²) >= 11 is 6.09. The van der Waals surface area contributed by atoms with E-state index >= 15 is 0 Å². The van der Waals surface area contributed by atoms with Crippen molar-refractivity contribution in [3.63, 3.8) is 0 Å². The lowest BCUT2D eigenvalue weighted by Gasteiger charge is -2.24. The summed E-state index contributed by atoms with van der Waals surface area (Å²) < 4.78 is 20.1. The third-order valence-electron chi connectivity index (χ3n) is 4.21. The van der Waals surface area contributed by atoms with Crippen LogP contribution in [0.1, 0.15) is 17.2 Å². The molecule has 0 spiro atoms. The van der Waals surface area contributed by atoms with Gasteiger partial charge in [-0.05, 0) is 29.0 Å². The van der Waals surface area contributed by atoms with E-state index in [1.807, 2.05) is 30.3 Å². The van der Waals surface area contributed by atoms with Crippen LogP contribution >= 0.6 is 11.6 Å². The van der Waals surface area contributed by atoms with E-state index in [-0.39, 0.29) is 16.3 Å². The number of rotatable bonds is 2. The first kappa shape index (κ1) is 15.6. The number of nitrogens with zero attached hydrogens (tertiary/aromatic N) is 1. The van der Waals surface area contributed by atoms with Crippen molar-refractivity contribution < 1.29 is 14.1 Å². The fraction of sp³-hybridized carbons (Fsp3) is 0.0526. The molecule has 1 aliphatic rings. The lowest BCUT2D eigenvalue weighted by Crippen LogP contribution is -2.21. The van der Waals surface area contributed by atoms with Crippen LogP contribution in [0.5, 0.6) is 5.75 Å². The molecule has 124 valence electrons. The van der Waals surface area contributed by atoms with E-state index in [1.54, 1.807) is 6.07 Å². The summed E-state index contributed by atoms with van der Waals surface area (Å²) in [5.74, 6) is -0.192. The van der Waals surface area contributed by atoms with Crippen LogP contribution in [0.15, 0.2) is 60.3 Å². The summed E-state index contributed by atoms with van der Waals surface area (Å²) in [5.41, 5.74) is 0.315. The Morgan fingerprint density at radius 2 is 1.88 bits per heavy atom. The van der Waals surface area contributed by atoms with Gasteiger partial charge in [-0.2, -0.15) is 0 Å². The molecule has 6 heteroatoms. The highest BCUT2D eigenvalue weighted by Crippen LogP contribution is 2.43. The van der Waals surface area contributed by atoms with E-state index in [2.05, 4.69) is 0 Å². The van der Waals surface area contributed by atoms with Crippen molar-refractivity contribution >= 4 is 28.4 Å². The molecule has 0 amide bonds. The maximum absolute atomic E-state index is 14.3. The molecule has 0 aliphatic carbocycles. The smallest absolute Gasteiger partial charge is 0.291 e. The first-order valence-corrected chi connectivity index (χ1v) is 7.92. The summed E-state index contributed by atoms with van der Waals surface area (Å²) in [4.78, 5) is 11.0. The van der Waals surface area contributed by atoms with Crippen molar-refractivity contribution in [2.24, 2.45) is 0 Å². The first-order chi connectivity index (χ1) is 12.1. The molecule has 0 saturated carbocycles. The Kier molecular flexibility index (Phi) is 3.66. The maximum Gasteiger partial charge on any atom is 0.291 e. The standard InChI is InChI=1S/C19H11ClFNO3/c20-14-6-3-7-15(21)18(14)19-16(22(23)24)10-13-12-5-2-1-4-11(12)8-9-17(13)25-19/h1-10,19H. The van der Waals surface area contributed by atoms with Crippen LogP contribution in [0.3, 0.4) is 0 Å². The lowest BCUT2D eigenvalue weighted by molar-refractivity contribution is -0.434. The predicted octanol–water partition coefficient (Wildman–Crippen LogP) is 5.38. The number of halogens is 2. The minimum atomic E-state index is -1.21. The zero-order chi connectivity index (χ0) is 17.6. The molecule has 3 aromatic rings. The van der Waals surface area contributed by atoms with Gasteiger partial charge in [0.2, 0.25) is 6.10 Å². The monoisotopic (exact) mass is 355 g/mol. The van der Waals surface area contributed by atoms with Crippen LogP contribution in [0.4, 0.5) is 4.39 Å². The number of nitro groups is 1. The molecule has 1 heterocycles. The minimum Gasteiger partial charge on any atom is -0.474 e. The van der Waals surface area contributed by atoms with E-state index in [1.165, 1.54) is 24.3 Å². The second-order valence-electron chi connectivity index (χ2n) is 5.66. The maximum atomic E-state index is 14.3. The highest BCUT2D eigenvalue weighted by Gasteiger charge is 2.36. The molecule has 1 aliphatic heterocycles. The van der Waals surface area contributed by atoms with Crippen LogP contribution < -0.4 is 4.74 Å². The fourth-order valence-corrected chi connectivity index (χ4v) is 3.32. The Morgan fingerprint density at radius 3 is 2.64 bits per heavy atom. The van der Waals surface area contributed by atoms with Gasteiger partial charge in [0.05, 0.1) is 15.5 Å². The van der Waals surface area contributed by atoms with Crippen molar-refractivity contribution in [3.8, 4) is 5.75 Å². The van der Waals surface area contributed by atoms with Gasteiger partial charge in [0.15, 0.2) is 0 Å². The molecular formula is C19H11ClFNO3. The normalized spacial score (nSPS) is 16.1. The van der Waals surface area contributed by atoms with Gasteiger partial charge in [-0.3, -0.25) is 10.1 Å². The SMILES string of the molecule is O=[N+]([O-])C1=Cc2c(ccc3ccccc23)OC1c1c(F)cccc1Cl. The van der Waals surface area contributed by atoms with Crippen LogP contribution in [0.25, 0.3) is 16.8 Å². The van der Waals surface area contributed by atoms with Crippen LogP contribution in [0, 0.1) is 15.9 Å². The molecule has 3 aromatic carbocycles. The lowest BCUT2D eigenvalue weighted by atomic mass is 9.96. The van der Waals surface area contributed by atoms with E-state index < -0.39 is 16.8 Å². The minimum absolute atomic E-state index is 0.0362. The summed E-state index contributed by atoms with van der Waals surface area (Å²) in [6.45, 7) is 0. The molecule has 0 aromatic heterocycles. The van der Waals surface area contributed by atoms with Crippen molar-refractivity contribution in [2.75, 3.05) is 0 Å². The number of hydrogen-bond acceptors (Lipinski definition) is 3. The Balaban J connectivity index is 1.96. The molecule has 0 bridgehead atoms. The van der Waals surface area contributed by atoms with Crippen molar-refractivity contribution in [3.05, 3.63) is 92.4 Å². The number of hydrogen-bond donors (Lipinski definition) is 0. The number of ether oxygens (including phenoxy) is 1. The molecule has 25 heavy (non-hydrogen) atoms. The zero-order valence-corrected chi connectivity index (χ0v) is 13.5. The zero-order valence-electron chi connectivity index (χ0n) is 12.8. The van der Waals surface area contributed by atoms with Gasteiger partial charge in [0, 0.05) is 11.6 Å². The van der Waals surface area contributed by atoms with Gasteiger partial charge in [0.25, 0.3) is 5.70 Å². The van der Waals surface area contributed by atoms with Gasteiger partial charge in [-0.25, -0.2) is 4.39 Å². The van der Waals surface area contributed by atoms with Crippen LogP contribution in [-0.2, 0) is 0 Å². The van der Waals surface area contributed by atoms with Gasteiger partial charge in [-0.15, -0.1) is 0 Å². The number of fused-ring (bicyclic) bond motifs is 3. The van der Waals surface area contributed by atoms with Gasteiger partial charge in [-0.1, -0.05) is 48.0 Å². The second-order valence-corrected chi connectivity index (χ2v) is 6.07. The Labute approximate surface area is 147 Å². The van der Waals surface area contributed by atoms with E-state index in [0.717, 1.165) is 10.8 Å². The van der Waals surface area contributed by atoms with Gasteiger partial charge >= 0.3 is 0 Å². The van der Waals surface area contributed by atoms with Crippen LogP contribution in [-0.4, -0.2) is 4.92 Å². The van der Waals surface area contributed by atoms with Crippen molar-refractivity contribution in [1.82, 2.24) is 0 Å². The van der Waals surface area contributed by atoms with Gasteiger partial charge in [0.1, 0.15) is 11.6 Å². The Morgan fingerprint density at radius 1 is 1.08 bits per heavy atom.